The third-order valence-corrected chi connectivity index (χ3v) is 3.96. The van der Waals surface area contributed by atoms with E-state index in [9.17, 15) is 8.78 Å². The first kappa shape index (κ1) is 15.1. The SMILES string of the molecule is CC(C)(C)c1csc(CC(N)c2ccc(F)c(F)c2)n1. The second-order valence-electron chi connectivity index (χ2n) is 5.86. The van der Waals surface area contributed by atoms with Crippen molar-refractivity contribution in [3.05, 3.63) is 51.5 Å². The topological polar surface area (TPSA) is 38.9 Å². The summed E-state index contributed by atoms with van der Waals surface area (Å²) in [6, 6.07) is 3.39. The van der Waals surface area contributed by atoms with Crippen LogP contribution in [0.4, 0.5) is 8.78 Å². The quantitative estimate of drug-likeness (QED) is 0.931. The van der Waals surface area contributed by atoms with Crippen molar-refractivity contribution in [3.63, 3.8) is 0 Å². The molecule has 108 valence electrons. The molecule has 0 radical (unpaired) electrons. The molecule has 1 aromatic carbocycles. The van der Waals surface area contributed by atoms with Crippen LogP contribution in [-0.2, 0) is 11.8 Å². The van der Waals surface area contributed by atoms with Crippen LogP contribution in [-0.4, -0.2) is 4.98 Å². The molecule has 0 saturated carbocycles. The highest BCUT2D eigenvalue weighted by atomic mass is 32.1. The molecule has 0 aliphatic heterocycles. The third kappa shape index (κ3) is 3.41. The van der Waals surface area contributed by atoms with Gasteiger partial charge in [-0.15, -0.1) is 11.3 Å². The Kier molecular flexibility index (Phi) is 4.20. The van der Waals surface area contributed by atoms with E-state index in [1.54, 1.807) is 11.3 Å². The largest absolute Gasteiger partial charge is 0.324 e. The lowest BCUT2D eigenvalue weighted by atomic mass is 9.93. The summed E-state index contributed by atoms with van der Waals surface area (Å²) < 4.78 is 26.1. The van der Waals surface area contributed by atoms with Crippen molar-refractivity contribution >= 4 is 11.3 Å². The summed E-state index contributed by atoms with van der Waals surface area (Å²) in [5.41, 5.74) is 7.65. The zero-order valence-corrected chi connectivity index (χ0v) is 12.6. The minimum absolute atomic E-state index is 0.000822. The van der Waals surface area contributed by atoms with Crippen molar-refractivity contribution in [2.45, 2.75) is 38.6 Å². The van der Waals surface area contributed by atoms with E-state index in [4.69, 9.17) is 5.73 Å². The number of aromatic nitrogens is 1. The van der Waals surface area contributed by atoms with Crippen molar-refractivity contribution in [3.8, 4) is 0 Å². The van der Waals surface area contributed by atoms with Crippen LogP contribution in [0.2, 0.25) is 0 Å². The molecular weight excluding hydrogens is 278 g/mol. The fraction of sp³-hybridized carbons (Fsp3) is 0.400. The van der Waals surface area contributed by atoms with E-state index in [0.29, 0.717) is 12.0 Å². The van der Waals surface area contributed by atoms with Gasteiger partial charge in [0.05, 0.1) is 10.7 Å². The number of nitrogens with two attached hydrogens (primary N) is 1. The van der Waals surface area contributed by atoms with Crippen molar-refractivity contribution in [2.24, 2.45) is 5.73 Å². The van der Waals surface area contributed by atoms with Gasteiger partial charge >= 0.3 is 0 Å². The molecule has 0 aliphatic rings. The van der Waals surface area contributed by atoms with Crippen LogP contribution in [0, 0.1) is 11.6 Å². The van der Waals surface area contributed by atoms with E-state index in [-0.39, 0.29) is 11.5 Å². The summed E-state index contributed by atoms with van der Waals surface area (Å²) in [6.07, 6.45) is 0.520. The Balaban J connectivity index is 2.13. The van der Waals surface area contributed by atoms with E-state index in [1.165, 1.54) is 6.07 Å². The molecule has 0 aliphatic carbocycles. The maximum Gasteiger partial charge on any atom is 0.159 e. The zero-order chi connectivity index (χ0) is 14.9. The van der Waals surface area contributed by atoms with E-state index >= 15 is 0 Å². The van der Waals surface area contributed by atoms with Gasteiger partial charge in [-0.05, 0) is 17.7 Å². The lowest BCUT2D eigenvalue weighted by Crippen LogP contribution is -2.15. The maximum atomic E-state index is 13.2. The van der Waals surface area contributed by atoms with E-state index in [0.717, 1.165) is 22.8 Å². The fourth-order valence-corrected chi connectivity index (χ4v) is 2.88. The van der Waals surface area contributed by atoms with Crippen LogP contribution >= 0.6 is 11.3 Å². The van der Waals surface area contributed by atoms with Gasteiger partial charge in [0.25, 0.3) is 0 Å². The van der Waals surface area contributed by atoms with Crippen LogP contribution in [0.3, 0.4) is 0 Å². The Labute approximate surface area is 121 Å². The van der Waals surface area contributed by atoms with Gasteiger partial charge < -0.3 is 5.73 Å². The molecule has 1 atom stereocenters. The van der Waals surface area contributed by atoms with E-state index in [1.807, 2.05) is 5.38 Å². The molecule has 2 rings (SSSR count). The van der Waals surface area contributed by atoms with E-state index < -0.39 is 11.6 Å². The minimum atomic E-state index is -0.868. The first-order valence-corrected chi connectivity index (χ1v) is 7.31. The molecule has 2 aromatic rings. The molecule has 0 fully saturated rings. The number of hydrogen-bond donors (Lipinski definition) is 1. The van der Waals surface area contributed by atoms with Crippen molar-refractivity contribution in [1.82, 2.24) is 4.98 Å². The molecule has 0 saturated heterocycles. The molecule has 1 heterocycles. The lowest BCUT2D eigenvalue weighted by molar-refractivity contribution is 0.505. The summed E-state index contributed by atoms with van der Waals surface area (Å²) in [6.45, 7) is 6.29. The zero-order valence-electron chi connectivity index (χ0n) is 11.8. The van der Waals surface area contributed by atoms with Gasteiger partial charge in [-0.2, -0.15) is 0 Å². The number of nitrogens with zero attached hydrogens (tertiary/aromatic N) is 1. The predicted molar refractivity (Wildman–Crippen MR) is 77.8 cm³/mol. The Morgan fingerprint density at radius 2 is 1.95 bits per heavy atom. The van der Waals surface area contributed by atoms with Gasteiger partial charge in [0.2, 0.25) is 0 Å². The lowest BCUT2D eigenvalue weighted by Gasteiger charge is -2.14. The van der Waals surface area contributed by atoms with Gasteiger partial charge in [-0.1, -0.05) is 26.8 Å². The Morgan fingerprint density at radius 1 is 1.25 bits per heavy atom. The summed E-state index contributed by atoms with van der Waals surface area (Å²) in [7, 11) is 0. The van der Waals surface area contributed by atoms with Gasteiger partial charge in [0, 0.05) is 23.3 Å². The predicted octanol–water partition coefficient (Wildman–Crippen LogP) is 3.96. The number of thiazole rings is 1. The molecule has 5 heteroatoms. The first-order chi connectivity index (χ1) is 9.27. The number of hydrogen-bond acceptors (Lipinski definition) is 3. The molecular formula is C15H18F2N2S. The highest BCUT2D eigenvalue weighted by molar-refractivity contribution is 7.09. The van der Waals surface area contributed by atoms with Crippen molar-refractivity contribution in [1.29, 1.82) is 0 Å². The second-order valence-corrected chi connectivity index (χ2v) is 6.80. The van der Waals surface area contributed by atoms with Gasteiger partial charge in [-0.25, -0.2) is 13.8 Å². The van der Waals surface area contributed by atoms with Crippen LogP contribution < -0.4 is 5.73 Å². The first-order valence-electron chi connectivity index (χ1n) is 6.43. The highest BCUT2D eigenvalue weighted by Crippen LogP contribution is 2.26. The van der Waals surface area contributed by atoms with Gasteiger partial charge in [0.15, 0.2) is 11.6 Å². The fourth-order valence-electron chi connectivity index (χ4n) is 1.80. The summed E-state index contributed by atoms with van der Waals surface area (Å²) in [4.78, 5) is 4.56. The molecule has 1 unspecified atom stereocenters. The molecule has 0 bridgehead atoms. The summed E-state index contributed by atoms with van der Waals surface area (Å²) in [5, 5.41) is 2.93. The summed E-state index contributed by atoms with van der Waals surface area (Å²) >= 11 is 1.55. The second kappa shape index (κ2) is 5.58. The van der Waals surface area contributed by atoms with Crippen LogP contribution in [0.5, 0.6) is 0 Å². The smallest absolute Gasteiger partial charge is 0.159 e. The van der Waals surface area contributed by atoms with Gasteiger partial charge in [0.1, 0.15) is 0 Å². The summed E-state index contributed by atoms with van der Waals surface area (Å²) in [5.74, 6) is -1.72. The normalized spacial score (nSPS) is 13.5. The minimum Gasteiger partial charge on any atom is -0.324 e. The molecule has 0 spiro atoms. The van der Waals surface area contributed by atoms with Crippen molar-refractivity contribution < 1.29 is 8.78 Å². The Hall–Kier alpha value is -1.33. The monoisotopic (exact) mass is 296 g/mol. The molecule has 1 aromatic heterocycles. The number of benzene rings is 1. The number of halogens is 2. The van der Waals surface area contributed by atoms with Crippen LogP contribution in [0.15, 0.2) is 23.6 Å². The van der Waals surface area contributed by atoms with Gasteiger partial charge in [-0.3, -0.25) is 0 Å². The average molecular weight is 296 g/mol. The molecule has 2 nitrogen and oxygen atoms in total. The average Bonchev–Trinajstić information content (AvgIpc) is 2.81. The van der Waals surface area contributed by atoms with Crippen LogP contribution in [0.25, 0.3) is 0 Å². The molecule has 20 heavy (non-hydrogen) atoms. The van der Waals surface area contributed by atoms with E-state index in [2.05, 4.69) is 25.8 Å². The highest BCUT2D eigenvalue weighted by Gasteiger charge is 2.19. The molecule has 2 N–H and O–H groups in total. The molecule has 0 amide bonds. The Morgan fingerprint density at radius 3 is 2.50 bits per heavy atom. The van der Waals surface area contributed by atoms with Crippen LogP contribution in [0.1, 0.15) is 43.1 Å². The number of rotatable bonds is 3. The standard InChI is InChI=1S/C15H18F2N2S/c1-15(2,3)13-8-20-14(19-13)7-12(18)9-4-5-10(16)11(17)6-9/h4-6,8,12H,7,18H2,1-3H3. The maximum absolute atomic E-state index is 13.2. The Bertz CT molecular complexity index is 602. The third-order valence-electron chi connectivity index (χ3n) is 3.09. The van der Waals surface area contributed by atoms with Crippen molar-refractivity contribution in [2.75, 3.05) is 0 Å².